The minimum Gasteiger partial charge on any atom is -0.477 e. The number of hydrogen-bond donors (Lipinski definition) is 1. The second kappa shape index (κ2) is 10.8. The molecule has 1 saturated heterocycles. The SMILES string of the molecule is Cc1cc2cc(n1)-c1cnn(C)c1OCCC[C@@H](C1CC1)CN1/C(=N/C2=O)Nc2cc(N3C[C@H](C[S+]=O)[C@H]3C)ccc21. The van der Waals surface area contributed by atoms with Crippen LogP contribution in [0, 0.1) is 24.7 Å². The van der Waals surface area contributed by atoms with E-state index in [1.54, 1.807) is 23.0 Å². The number of aliphatic imine (C=N–C) groups is 1. The third-order valence-corrected chi connectivity index (χ3v) is 9.79. The second-order valence-electron chi connectivity index (χ2n) is 12.1. The quantitative estimate of drug-likeness (QED) is 0.440. The number of aryl methyl sites for hydroxylation is 2. The molecule has 0 spiro atoms. The number of guanidine groups is 1. The van der Waals surface area contributed by atoms with E-state index in [0.717, 1.165) is 54.3 Å². The van der Waals surface area contributed by atoms with Crippen LogP contribution in [0.2, 0.25) is 0 Å². The maximum Gasteiger partial charge on any atom is 0.459 e. The largest absolute Gasteiger partial charge is 0.477 e. The zero-order valence-electron chi connectivity index (χ0n) is 24.2. The molecule has 11 heteroatoms. The Morgan fingerprint density at radius 3 is 2.76 bits per heavy atom. The van der Waals surface area contributed by atoms with E-state index in [0.29, 0.717) is 70.9 Å². The minimum atomic E-state index is -0.319. The summed E-state index contributed by atoms with van der Waals surface area (Å²) in [6.45, 7) is 6.32. The summed E-state index contributed by atoms with van der Waals surface area (Å²) in [5, 5.41) is 7.91. The van der Waals surface area contributed by atoms with Crippen LogP contribution in [-0.4, -0.2) is 58.1 Å². The van der Waals surface area contributed by atoms with Gasteiger partial charge in [-0.1, -0.05) is 0 Å². The number of carbonyl (C=O) groups excluding carboxylic acids is 1. The fraction of sp³-hybridized carbons (Fsp3) is 0.484. The Kier molecular flexibility index (Phi) is 6.92. The van der Waals surface area contributed by atoms with Crippen molar-refractivity contribution in [2.24, 2.45) is 29.8 Å². The molecule has 2 bridgehead atoms. The lowest BCUT2D eigenvalue weighted by atomic mass is 9.91. The summed E-state index contributed by atoms with van der Waals surface area (Å²) in [6.07, 6.45) is 6.17. The fourth-order valence-corrected chi connectivity index (χ4v) is 7.14. The van der Waals surface area contributed by atoms with Gasteiger partial charge in [0.25, 0.3) is 5.91 Å². The molecule has 7 rings (SSSR count). The van der Waals surface area contributed by atoms with Gasteiger partial charge in [0.15, 0.2) is 0 Å². The standard InChI is InChI=1S/C31H35N7O3S/c1-18-11-22-12-26(33-18)25-14-32-36(3)30(25)41-10-4-5-21(20-6-7-20)15-38-28-9-8-24(37-16-23(17-42-40)19(37)2)13-27(28)34-31(38)35-29(22)39/h8-9,11-14,19-21,23H,4-7,10,15-17H2,1-3H3/p+1/t19-,21-,23-/m1/s1. The van der Waals surface area contributed by atoms with E-state index in [9.17, 15) is 9.00 Å². The Labute approximate surface area is 249 Å². The molecule has 3 aromatic rings. The normalized spacial score (nSPS) is 25.0. The molecule has 218 valence electrons. The highest BCUT2D eigenvalue weighted by atomic mass is 32.1. The van der Waals surface area contributed by atoms with Crippen LogP contribution in [0.25, 0.3) is 11.3 Å². The number of rotatable bonds is 4. The summed E-state index contributed by atoms with van der Waals surface area (Å²) in [4.78, 5) is 27.6. The number of fused-ring (bicyclic) bond motifs is 7. The number of carbonyl (C=O) groups is 1. The number of hydrogen-bond acceptors (Lipinski definition) is 8. The van der Waals surface area contributed by atoms with Crippen LogP contribution in [0.3, 0.4) is 0 Å². The molecule has 4 aliphatic rings. The summed E-state index contributed by atoms with van der Waals surface area (Å²) >= 11 is 0.675. The topological polar surface area (TPSA) is 105 Å². The smallest absolute Gasteiger partial charge is 0.459 e. The fourth-order valence-electron chi connectivity index (χ4n) is 6.58. The Morgan fingerprint density at radius 2 is 1.98 bits per heavy atom. The number of benzene rings is 1. The van der Waals surface area contributed by atoms with Crippen LogP contribution in [0.4, 0.5) is 17.1 Å². The first-order chi connectivity index (χ1) is 20.4. The number of nitrogens with one attached hydrogen (secondary N) is 1. The van der Waals surface area contributed by atoms with Crippen molar-refractivity contribution >= 4 is 40.6 Å². The Hall–Kier alpha value is -3.86. The Morgan fingerprint density at radius 1 is 1.12 bits per heavy atom. The highest BCUT2D eigenvalue weighted by Gasteiger charge is 2.40. The van der Waals surface area contributed by atoms with Crippen LogP contribution in [-0.2, 0) is 22.9 Å². The molecule has 0 unspecified atom stereocenters. The van der Waals surface area contributed by atoms with Gasteiger partial charge in [0, 0.05) is 47.3 Å². The highest BCUT2D eigenvalue weighted by Crippen LogP contribution is 2.44. The lowest BCUT2D eigenvalue weighted by Crippen LogP contribution is -2.56. The highest BCUT2D eigenvalue weighted by molar-refractivity contribution is 7.65. The lowest BCUT2D eigenvalue weighted by molar-refractivity contribution is 0.100. The van der Waals surface area contributed by atoms with Crippen LogP contribution in [0.15, 0.2) is 41.5 Å². The molecule has 1 aromatic carbocycles. The van der Waals surface area contributed by atoms with Crippen LogP contribution < -0.4 is 19.9 Å². The van der Waals surface area contributed by atoms with Gasteiger partial charge in [-0.25, -0.2) is 4.68 Å². The monoisotopic (exact) mass is 586 g/mol. The van der Waals surface area contributed by atoms with Crippen LogP contribution in [0.5, 0.6) is 5.88 Å². The number of amides is 1. The number of aromatic nitrogens is 3. The molecule has 10 nitrogen and oxygen atoms in total. The molecule has 0 radical (unpaired) electrons. The van der Waals surface area contributed by atoms with E-state index >= 15 is 0 Å². The first-order valence-corrected chi connectivity index (χ1v) is 15.8. The molecule has 5 heterocycles. The third kappa shape index (κ3) is 4.93. The van der Waals surface area contributed by atoms with E-state index in [1.165, 1.54) is 12.8 Å². The maximum atomic E-state index is 13.7. The molecule has 2 aromatic heterocycles. The van der Waals surface area contributed by atoms with Gasteiger partial charge >= 0.3 is 11.7 Å². The van der Waals surface area contributed by atoms with Crippen LogP contribution in [0.1, 0.15) is 48.7 Å². The number of pyridine rings is 1. The summed E-state index contributed by atoms with van der Waals surface area (Å²) in [5.41, 5.74) is 5.74. The van der Waals surface area contributed by atoms with Gasteiger partial charge in [-0.3, -0.25) is 9.78 Å². The Bertz CT molecular complexity index is 1580. The molecular weight excluding hydrogens is 550 g/mol. The first kappa shape index (κ1) is 27.0. The lowest BCUT2D eigenvalue weighted by Gasteiger charge is -2.45. The summed E-state index contributed by atoms with van der Waals surface area (Å²) in [5.74, 6) is 3.10. The zero-order valence-corrected chi connectivity index (χ0v) is 25.1. The van der Waals surface area contributed by atoms with Crippen LogP contribution >= 0.6 is 0 Å². The molecule has 1 saturated carbocycles. The van der Waals surface area contributed by atoms with Gasteiger partial charge in [0.1, 0.15) is 0 Å². The predicted molar refractivity (Wildman–Crippen MR) is 165 cm³/mol. The third-order valence-electron chi connectivity index (χ3n) is 9.22. The van der Waals surface area contributed by atoms with E-state index in [-0.39, 0.29) is 5.91 Å². The second-order valence-corrected chi connectivity index (χ2v) is 12.6. The molecule has 3 atom stereocenters. The predicted octanol–water partition coefficient (Wildman–Crippen LogP) is 4.67. The van der Waals surface area contributed by atoms with Crippen molar-refractivity contribution in [3.8, 4) is 17.1 Å². The van der Waals surface area contributed by atoms with Gasteiger partial charge in [-0.15, -0.1) is 0 Å². The molecular formula is C31H36N7O3S+. The van der Waals surface area contributed by atoms with E-state index in [1.807, 2.05) is 14.0 Å². The Balaban J connectivity index is 1.26. The van der Waals surface area contributed by atoms with Gasteiger partial charge in [0.2, 0.25) is 17.6 Å². The van der Waals surface area contributed by atoms with Crippen molar-refractivity contribution in [1.29, 1.82) is 0 Å². The van der Waals surface area contributed by atoms with Crippen molar-refractivity contribution in [3.05, 3.63) is 47.8 Å². The minimum absolute atomic E-state index is 0.319. The van der Waals surface area contributed by atoms with Gasteiger partial charge < -0.3 is 19.9 Å². The molecule has 1 aliphatic carbocycles. The maximum absolute atomic E-state index is 13.7. The van der Waals surface area contributed by atoms with Crippen molar-refractivity contribution < 1.29 is 13.7 Å². The van der Waals surface area contributed by atoms with Gasteiger partial charge in [-0.2, -0.15) is 10.1 Å². The summed E-state index contributed by atoms with van der Waals surface area (Å²) in [7, 11) is 1.86. The van der Waals surface area contributed by atoms with E-state index in [4.69, 9.17) is 9.72 Å². The summed E-state index contributed by atoms with van der Waals surface area (Å²) < 4.78 is 19.1. The number of ether oxygens (including phenoxy) is 1. The van der Waals surface area contributed by atoms with Crippen molar-refractivity contribution in [1.82, 2.24) is 14.8 Å². The number of nitrogens with zero attached hydrogens (tertiary/aromatic N) is 6. The van der Waals surface area contributed by atoms with Crippen molar-refractivity contribution in [3.63, 3.8) is 0 Å². The first-order valence-electron chi connectivity index (χ1n) is 14.9. The molecule has 42 heavy (non-hydrogen) atoms. The van der Waals surface area contributed by atoms with E-state index in [2.05, 4.69) is 50.3 Å². The van der Waals surface area contributed by atoms with Crippen molar-refractivity contribution in [2.75, 3.05) is 40.6 Å². The van der Waals surface area contributed by atoms with Gasteiger partial charge in [-0.05, 0) is 81.7 Å². The molecule has 3 aliphatic heterocycles. The average Bonchev–Trinajstić information content (AvgIpc) is 3.68. The number of anilines is 3. The molecule has 1 amide bonds. The van der Waals surface area contributed by atoms with Gasteiger partial charge in [0.05, 0.1) is 41.4 Å². The van der Waals surface area contributed by atoms with E-state index < -0.39 is 0 Å². The summed E-state index contributed by atoms with van der Waals surface area (Å²) in [6, 6.07) is 10.3. The molecule has 2 fully saturated rings. The van der Waals surface area contributed by atoms with Crippen molar-refractivity contribution in [2.45, 2.75) is 45.6 Å². The zero-order chi connectivity index (χ0) is 29.0. The molecule has 1 N–H and O–H groups in total. The average molecular weight is 587 g/mol.